The summed E-state index contributed by atoms with van der Waals surface area (Å²) < 4.78 is 11.2. The van der Waals surface area contributed by atoms with E-state index in [1.165, 1.54) is 11.6 Å². The van der Waals surface area contributed by atoms with Gasteiger partial charge in [-0.05, 0) is 67.4 Å². The number of benzene rings is 3. The molecule has 0 saturated heterocycles. The van der Waals surface area contributed by atoms with E-state index in [1.807, 2.05) is 79.9 Å². The van der Waals surface area contributed by atoms with E-state index in [4.69, 9.17) is 9.15 Å². The largest absolute Gasteiger partial charge is 0.489 e. The van der Waals surface area contributed by atoms with Gasteiger partial charge in [-0.2, -0.15) is 0 Å². The second kappa shape index (κ2) is 8.15. The third kappa shape index (κ3) is 4.61. The maximum atomic E-state index is 11.8. The van der Waals surface area contributed by atoms with Gasteiger partial charge in [-0.1, -0.05) is 29.8 Å². The highest BCUT2D eigenvalue weighted by Gasteiger charge is 2.07. The van der Waals surface area contributed by atoms with Crippen LogP contribution in [0.15, 0.2) is 87.0 Å². The maximum absolute atomic E-state index is 11.8. The number of rotatable bonds is 5. The van der Waals surface area contributed by atoms with Gasteiger partial charge in [0.25, 0.3) is 0 Å². The lowest BCUT2D eigenvalue weighted by Gasteiger charge is -2.09. The van der Waals surface area contributed by atoms with Crippen LogP contribution in [0.1, 0.15) is 22.3 Å². The summed E-state index contributed by atoms with van der Waals surface area (Å²) in [6.07, 6.45) is 1.83. The molecule has 0 unspecified atom stereocenters. The maximum Gasteiger partial charge on any atom is 0.336 e. The Labute approximate surface area is 169 Å². The first-order chi connectivity index (χ1) is 14.1. The molecule has 0 aliphatic carbocycles. The molecule has 4 aromatic rings. The summed E-state index contributed by atoms with van der Waals surface area (Å²) in [5.74, 6) is 0.728. The average molecular weight is 383 g/mol. The van der Waals surface area contributed by atoms with E-state index in [9.17, 15) is 4.79 Å². The highest BCUT2D eigenvalue weighted by Crippen LogP contribution is 2.21. The molecule has 0 amide bonds. The molecule has 0 saturated carbocycles. The Morgan fingerprint density at radius 3 is 2.38 bits per heavy atom. The van der Waals surface area contributed by atoms with E-state index in [1.54, 1.807) is 0 Å². The van der Waals surface area contributed by atoms with E-state index in [0.717, 1.165) is 33.5 Å². The zero-order valence-corrected chi connectivity index (χ0v) is 16.4. The van der Waals surface area contributed by atoms with Crippen molar-refractivity contribution in [1.82, 2.24) is 0 Å². The van der Waals surface area contributed by atoms with Crippen molar-refractivity contribution in [3.8, 4) is 5.75 Å². The molecule has 0 aliphatic heterocycles. The topological polar surface area (TPSA) is 51.8 Å². The third-order valence-electron chi connectivity index (χ3n) is 4.66. The Bertz CT molecular complexity index is 1220. The average Bonchev–Trinajstić information content (AvgIpc) is 2.72. The summed E-state index contributed by atoms with van der Waals surface area (Å²) in [6, 6.07) is 23.1. The molecule has 0 N–H and O–H groups in total. The summed E-state index contributed by atoms with van der Waals surface area (Å²) in [5, 5.41) is 0.886. The first-order valence-corrected chi connectivity index (χ1v) is 9.44. The van der Waals surface area contributed by atoms with Gasteiger partial charge >= 0.3 is 5.63 Å². The van der Waals surface area contributed by atoms with Crippen molar-refractivity contribution >= 4 is 22.9 Å². The fourth-order valence-corrected chi connectivity index (χ4v) is 3.05. The Hall–Kier alpha value is -3.66. The zero-order valence-electron chi connectivity index (χ0n) is 16.4. The van der Waals surface area contributed by atoms with Gasteiger partial charge in [0.15, 0.2) is 0 Å². The van der Waals surface area contributed by atoms with Gasteiger partial charge in [0.05, 0.1) is 5.69 Å². The fraction of sp³-hybridized carbons (Fsp3) is 0.120. The van der Waals surface area contributed by atoms with Crippen molar-refractivity contribution in [1.29, 1.82) is 0 Å². The molecule has 1 heterocycles. The molecule has 4 nitrogen and oxygen atoms in total. The second-order valence-electron chi connectivity index (χ2n) is 7.04. The van der Waals surface area contributed by atoms with E-state index in [2.05, 4.69) is 11.9 Å². The van der Waals surface area contributed by atoms with E-state index in [-0.39, 0.29) is 5.63 Å². The minimum Gasteiger partial charge on any atom is -0.489 e. The van der Waals surface area contributed by atoms with Crippen molar-refractivity contribution in [2.45, 2.75) is 20.5 Å². The van der Waals surface area contributed by atoms with Crippen molar-refractivity contribution in [3.63, 3.8) is 0 Å². The number of hydrogen-bond donors (Lipinski definition) is 0. The quantitative estimate of drug-likeness (QED) is 0.326. The van der Waals surface area contributed by atoms with Gasteiger partial charge in [-0.3, -0.25) is 4.99 Å². The van der Waals surface area contributed by atoms with Gasteiger partial charge in [-0.25, -0.2) is 4.79 Å². The molecule has 0 atom stereocenters. The lowest BCUT2D eigenvalue weighted by molar-refractivity contribution is 0.306. The zero-order chi connectivity index (χ0) is 20.2. The van der Waals surface area contributed by atoms with Gasteiger partial charge < -0.3 is 9.15 Å². The minimum atomic E-state index is -0.371. The van der Waals surface area contributed by atoms with Crippen LogP contribution in [0.25, 0.3) is 11.0 Å². The molecule has 0 radical (unpaired) electrons. The van der Waals surface area contributed by atoms with E-state index < -0.39 is 0 Å². The summed E-state index contributed by atoms with van der Waals surface area (Å²) in [5.41, 5.74) is 5.18. The molecule has 4 rings (SSSR count). The smallest absolute Gasteiger partial charge is 0.336 e. The highest BCUT2D eigenvalue weighted by molar-refractivity contribution is 5.82. The first kappa shape index (κ1) is 18.7. The Morgan fingerprint density at radius 1 is 0.897 bits per heavy atom. The summed E-state index contributed by atoms with van der Waals surface area (Å²) >= 11 is 0. The number of aryl methyl sites for hydroxylation is 2. The minimum absolute atomic E-state index is 0.294. The van der Waals surface area contributed by atoms with Crippen molar-refractivity contribution in [2.24, 2.45) is 4.99 Å². The monoisotopic (exact) mass is 383 g/mol. The fourth-order valence-electron chi connectivity index (χ4n) is 3.05. The van der Waals surface area contributed by atoms with Crippen LogP contribution in [0.3, 0.4) is 0 Å². The van der Waals surface area contributed by atoms with E-state index in [0.29, 0.717) is 12.2 Å². The molecule has 0 bridgehead atoms. The van der Waals surface area contributed by atoms with Crippen LogP contribution >= 0.6 is 0 Å². The lowest BCUT2D eigenvalue weighted by Crippen LogP contribution is -2.04. The number of fused-ring (bicyclic) bond motifs is 1. The van der Waals surface area contributed by atoms with Gasteiger partial charge in [0.1, 0.15) is 17.9 Å². The first-order valence-electron chi connectivity index (χ1n) is 9.44. The molecule has 3 aromatic carbocycles. The van der Waals surface area contributed by atoms with Crippen molar-refractivity contribution in [2.75, 3.05) is 0 Å². The number of ether oxygens (including phenoxy) is 1. The number of nitrogens with zero attached hydrogens (tertiary/aromatic N) is 1. The molecule has 0 aliphatic rings. The molecular weight excluding hydrogens is 362 g/mol. The van der Waals surface area contributed by atoms with Crippen LogP contribution in [-0.4, -0.2) is 6.21 Å². The SMILES string of the molecule is Cc1ccc(N=Cc2ccc(OCc3cc(=O)oc4cc(C)ccc34)cc2)cc1. The summed E-state index contributed by atoms with van der Waals surface area (Å²) in [6.45, 7) is 4.31. The lowest BCUT2D eigenvalue weighted by atomic mass is 10.1. The standard InChI is InChI=1S/C25H21NO3/c1-17-3-8-21(9-4-17)26-15-19-6-10-22(11-7-19)28-16-20-14-25(27)29-24-13-18(2)5-12-23(20)24/h3-15H,16H2,1-2H3. The Morgan fingerprint density at radius 2 is 1.62 bits per heavy atom. The molecule has 0 fully saturated rings. The molecule has 29 heavy (non-hydrogen) atoms. The molecule has 1 aromatic heterocycles. The van der Waals surface area contributed by atoms with Crippen LogP contribution in [0, 0.1) is 13.8 Å². The second-order valence-corrected chi connectivity index (χ2v) is 7.04. The molecule has 4 heteroatoms. The molecular formula is C25H21NO3. The van der Waals surface area contributed by atoms with Crippen LogP contribution in [0.2, 0.25) is 0 Å². The summed E-state index contributed by atoms with van der Waals surface area (Å²) in [7, 11) is 0. The normalized spacial score (nSPS) is 11.2. The predicted molar refractivity (Wildman–Crippen MR) is 116 cm³/mol. The van der Waals surface area contributed by atoms with Crippen molar-refractivity contribution < 1.29 is 9.15 Å². The number of hydrogen-bond acceptors (Lipinski definition) is 4. The summed E-state index contributed by atoms with van der Waals surface area (Å²) in [4.78, 5) is 16.3. The van der Waals surface area contributed by atoms with Gasteiger partial charge in [-0.15, -0.1) is 0 Å². The Balaban J connectivity index is 1.46. The van der Waals surface area contributed by atoms with E-state index >= 15 is 0 Å². The van der Waals surface area contributed by atoms with Crippen LogP contribution in [0.4, 0.5) is 5.69 Å². The molecule has 0 spiro atoms. The molecule has 144 valence electrons. The van der Waals surface area contributed by atoms with Crippen LogP contribution in [0.5, 0.6) is 5.75 Å². The Kier molecular flexibility index (Phi) is 5.25. The van der Waals surface area contributed by atoms with Crippen LogP contribution < -0.4 is 10.4 Å². The van der Waals surface area contributed by atoms with Crippen LogP contribution in [-0.2, 0) is 6.61 Å². The predicted octanol–water partition coefficient (Wildman–Crippen LogP) is 5.74. The van der Waals surface area contributed by atoms with Crippen molar-refractivity contribution in [3.05, 3.63) is 105 Å². The number of aliphatic imine (C=N–C) groups is 1. The van der Waals surface area contributed by atoms with Gasteiger partial charge in [0, 0.05) is 23.2 Å². The highest BCUT2D eigenvalue weighted by atomic mass is 16.5. The van der Waals surface area contributed by atoms with Gasteiger partial charge in [0.2, 0.25) is 0 Å². The third-order valence-corrected chi connectivity index (χ3v) is 4.66.